The van der Waals surface area contributed by atoms with Crippen LogP contribution in [0.4, 0.5) is 5.69 Å². The average molecular weight is 419 g/mol. The number of nitrogen functional groups attached to an aromatic ring is 1. The van der Waals surface area contributed by atoms with E-state index in [2.05, 4.69) is 80.6 Å². The highest BCUT2D eigenvalue weighted by Gasteiger charge is 2.36. The molecule has 1 aliphatic rings. The van der Waals surface area contributed by atoms with Crippen LogP contribution in [0.5, 0.6) is 0 Å². The van der Waals surface area contributed by atoms with E-state index in [4.69, 9.17) is 10.7 Å². The van der Waals surface area contributed by atoms with Crippen molar-refractivity contribution in [2.45, 2.75) is 19.3 Å². The van der Waals surface area contributed by atoms with E-state index < -0.39 is 0 Å². The van der Waals surface area contributed by atoms with Gasteiger partial charge in [-0.2, -0.15) is 0 Å². The molecule has 0 amide bonds. The summed E-state index contributed by atoms with van der Waals surface area (Å²) in [6, 6.07) is 30.1. The Morgan fingerprint density at radius 2 is 1.32 bits per heavy atom. The molecule has 2 N–H and O–H groups in total. The van der Waals surface area contributed by atoms with Gasteiger partial charge in [-0.1, -0.05) is 62.4 Å². The van der Waals surface area contributed by atoms with E-state index in [1.807, 2.05) is 18.2 Å². The minimum atomic E-state index is -0.0683. The number of fused-ring (bicyclic) bond motifs is 4. The standard InChI is InChI=1S/C28H22N2S/c1-28(2)23-15-18(17-7-11-20(29)12-8-17)9-13-21(23)22-14-10-19(16-24(22)28)27-30-25-5-3-4-6-26(25)31-27/h3-16H,29H2,1-2H3. The number of nitrogens with two attached hydrogens (primary N) is 1. The van der Waals surface area contributed by atoms with Crippen LogP contribution in [0.1, 0.15) is 25.0 Å². The van der Waals surface area contributed by atoms with Crippen LogP contribution in [0.25, 0.3) is 43.0 Å². The maximum Gasteiger partial charge on any atom is 0.124 e. The molecule has 0 radical (unpaired) electrons. The van der Waals surface area contributed by atoms with Crippen LogP contribution >= 0.6 is 11.3 Å². The number of hydrogen-bond acceptors (Lipinski definition) is 3. The van der Waals surface area contributed by atoms with Gasteiger partial charge in [-0.05, 0) is 69.8 Å². The van der Waals surface area contributed by atoms with Crippen LogP contribution in [0.15, 0.2) is 84.9 Å². The Morgan fingerprint density at radius 3 is 2.03 bits per heavy atom. The van der Waals surface area contributed by atoms with Gasteiger partial charge >= 0.3 is 0 Å². The summed E-state index contributed by atoms with van der Waals surface area (Å²) < 4.78 is 1.23. The molecule has 0 atom stereocenters. The number of para-hydroxylation sites is 1. The van der Waals surface area contributed by atoms with Crippen LogP contribution < -0.4 is 5.73 Å². The van der Waals surface area contributed by atoms with Gasteiger partial charge in [-0.15, -0.1) is 11.3 Å². The van der Waals surface area contributed by atoms with Crippen molar-refractivity contribution in [2.24, 2.45) is 0 Å². The molecule has 0 saturated heterocycles. The van der Waals surface area contributed by atoms with Gasteiger partial charge in [0, 0.05) is 16.7 Å². The van der Waals surface area contributed by atoms with Crippen molar-refractivity contribution in [3.63, 3.8) is 0 Å². The summed E-state index contributed by atoms with van der Waals surface area (Å²) in [5.41, 5.74) is 16.7. The molecule has 0 unspecified atom stereocenters. The molecule has 150 valence electrons. The summed E-state index contributed by atoms with van der Waals surface area (Å²) in [6.07, 6.45) is 0. The molecule has 0 spiro atoms. The fourth-order valence-corrected chi connectivity index (χ4v) is 5.68. The summed E-state index contributed by atoms with van der Waals surface area (Å²) in [5.74, 6) is 0. The number of aromatic nitrogens is 1. The lowest BCUT2D eigenvalue weighted by atomic mass is 9.81. The molecule has 3 heteroatoms. The predicted molar refractivity (Wildman–Crippen MR) is 132 cm³/mol. The molecule has 4 aromatic carbocycles. The van der Waals surface area contributed by atoms with Crippen molar-refractivity contribution in [1.82, 2.24) is 4.98 Å². The van der Waals surface area contributed by atoms with E-state index in [0.29, 0.717) is 0 Å². The number of anilines is 1. The first-order chi connectivity index (χ1) is 15.0. The van der Waals surface area contributed by atoms with Crippen LogP contribution in [-0.2, 0) is 5.41 Å². The number of thiazole rings is 1. The summed E-state index contributed by atoms with van der Waals surface area (Å²) in [6.45, 7) is 4.65. The van der Waals surface area contributed by atoms with Crippen molar-refractivity contribution in [1.29, 1.82) is 0 Å². The van der Waals surface area contributed by atoms with Crippen molar-refractivity contribution < 1.29 is 0 Å². The Hall–Kier alpha value is -3.43. The quantitative estimate of drug-likeness (QED) is 0.301. The summed E-state index contributed by atoms with van der Waals surface area (Å²) in [4.78, 5) is 4.87. The number of rotatable bonds is 2. The molecule has 5 aromatic rings. The molecular weight excluding hydrogens is 396 g/mol. The predicted octanol–water partition coefficient (Wildman–Crippen LogP) is 7.52. The van der Waals surface area contributed by atoms with Gasteiger partial charge in [-0.3, -0.25) is 0 Å². The minimum absolute atomic E-state index is 0.0683. The Balaban J connectivity index is 1.46. The third-order valence-corrected chi connectivity index (χ3v) is 7.55. The first-order valence-electron chi connectivity index (χ1n) is 10.5. The van der Waals surface area contributed by atoms with E-state index in [9.17, 15) is 0 Å². The molecular formula is C28H22N2S. The number of hydrogen-bond donors (Lipinski definition) is 1. The molecule has 1 aromatic heterocycles. The third kappa shape index (κ3) is 2.81. The van der Waals surface area contributed by atoms with Crippen LogP contribution in [-0.4, -0.2) is 4.98 Å². The molecule has 1 heterocycles. The second-order valence-electron chi connectivity index (χ2n) is 8.75. The van der Waals surface area contributed by atoms with E-state index in [1.54, 1.807) is 11.3 Å². The number of benzene rings is 4. The highest BCUT2D eigenvalue weighted by molar-refractivity contribution is 7.21. The lowest BCUT2D eigenvalue weighted by molar-refractivity contribution is 0.661. The second kappa shape index (κ2) is 6.53. The van der Waals surface area contributed by atoms with Gasteiger partial charge < -0.3 is 5.73 Å². The fraction of sp³-hybridized carbons (Fsp3) is 0.107. The highest BCUT2D eigenvalue weighted by Crippen LogP contribution is 2.50. The molecule has 0 bridgehead atoms. The zero-order chi connectivity index (χ0) is 21.2. The van der Waals surface area contributed by atoms with E-state index >= 15 is 0 Å². The van der Waals surface area contributed by atoms with Gasteiger partial charge in [0.2, 0.25) is 0 Å². The lowest BCUT2D eigenvalue weighted by Crippen LogP contribution is -2.15. The van der Waals surface area contributed by atoms with Gasteiger partial charge in [0.15, 0.2) is 0 Å². The average Bonchev–Trinajstić information content (AvgIpc) is 3.31. The SMILES string of the molecule is CC1(C)c2cc(-c3ccc(N)cc3)ccc2-c2ccc(-c3nc4ccccc4s3)cc21. The maximum absolute atomic E-state index is 5.88. The zero-order valence-electron chi connectivity index (χ0n) is 17.5. The van der Waals surface area contributed by atoms with Gasteiger partial charge in [0.1, 0.15) is 5.01 Å². The monoisotopic (exact) mass is 418 g/mol. The van der Waals surface area contributed by atoms with Crippen molar-refractivity contribution >= 4 is 27.2 Å². The Morgan fingerprint density at radius 1 is 0.710 bits per heavy atom. The molecule has 6 rings (SSSR count). The molecule has 0 aliphatic heterocycles. The van der Waals surface area contributed by atoms with E-state index in [-0.39, 0.29) is 5.41 Å². The maximum atomic E-state index is 5.88. The summed E-state index contributed by atoms with van der Waals surface area (Å²) in [7, 11) is 0. The van der Waals surface area contributed by atoms with Gasteiger partial charge in [0.05, 0.1) is 10.2 Å². The highest BCUT2D eigenvalue weighted by atomic mass is 32.1. The summed E-state index contributed by atoms with van der Waals surface area (Å²) in [5, 5.41) is 1.08. The Kier molecular flexibility index (Phi) is 3.87. The van der Waals surface area contributed by atoms with Crippen molar-refractivity contribution in [2.75, 3.05) is 5.73 Å². The topological polar surface area (TPSA) is 38.9 Å². The Bertz CT molecular complexity index is 1430. The first-order valence-corrected chi connectivity index (χ1v) is 11.3. The van der Waals surface area contributed by atoms with Crippen molar-refractivity contribution in [3.8, 4) is 32.8 Å². The third-order valence-electron chi connectivity index (χ3n) is 6.46. The van der Waals surface area contributed by atoms with Crippen LogP contribution in [0.2, 0.25) is 0 Å². The fourth-order valence-electron chi connectivity index (χ4n) is 4.72. The van der Waals surface area contributed by atoms with E-state index in [1.165, 1.54) is 43.6 Å². The van der Waals surface area contributed by atoms with Gasteiger partial charge in [0.25, 0.3) is 0 Å². The minimum Gasteiger partial charge on any atom is -0.399 e. The molecule has 1 aliphatic carbocycles. The second-order valence-corrected chi connectivity index (χ2v) is 9.79. The lowest BCUT2D eigenvalue weighted by Gasteiger charge is -2.22. The Labute approximate surface area is 186 Å². The smallest absolute Gasteiger partial charge is 0.124 e. The van der Waals surface area contributed by atoms with E-state index in [0.717, 1.165) is 16.2 Å². The first kappa shape index (κ1) is 18.3. The molecule has 0 fully saturated rings. The molecule has 2 nitrogen and oxygen atoms in total. The van der Waals surface area contributed by atoms with Gasteiger partial charge in [-0.25, -0.2) is 4.98 Å². The summed E-state index contributed by atoms with van der Waals surface area (Å²) >= 11 is 1.76. The molecule has 0 saturated carbocycles. The van der Waals surface area contributed by atoms with Crippen LogP contribution in [0, 0.1) is 0 Å². The normalized spacial score (nSPS) is 13.9. The number of nitrogens with zero attached hydrogens (tertiary/aromatic N) is 1. The largest absolute Gasteiger partial charge is 0.399 e. The molecule has 31 heavy (non-hydrogen) atoms. The zero-order valence-corrected chi connectivity index (χ0v) is 18.3. The van der Waals surface area contributed by atoms with Crippen LogP contribution in [0.3, 0.4) is 0 Å². The van der Waals surface area contributed by atoms with Crippen molar-refractivity contribution in [3.05, 3.63) is 96.1 Å².